The highest BCUT2D eigenvalue weighted by Crippen LogP contribution is 2.28. The summed E-state index contributed by atoms with van der Waals surface area (Å²) in [6, 6.07) is 11.8. The second-order valence-corrected chi connectivity index (χ2v) is 5.88. The Balaban J connectivity index is 2.13. The number of halogens is 3. The van der Waals surface area contributed by atoms with Gasteiger partial charge in [0.05, 0.1) is 0 Å². The van der Waals surface area contributed by atoms with Crippen LogP contribution in [0.2, 0.25) is 0 Å². The number of carbonyl (C=O) groups excluding carboxylic acids is 1. The van der Waals surface area contributed by atoms with E-state index in [0.29, 0.717) is 23.4 Å². The lowest BCUT2D eigenvalue weighted by Crippen LogP contribution is -2.36. The van der Waals surface area contributed by atoms with Crippen LogP contribution in [0.3, 0.4) is 0 Å². The number of rotatable bonds is 6. The Labute approximate surface area is 145 Å². The summed E-state index contributed by atoms with van der Waals surface area (Å²) in [5.74, 6) is -0.295. The Kier molecular flexibility index (Phi) is 6.07. The van der Waals surface area contributed by atoms with E-state index >= 15 is 0 Å². The zero-order valence-electron chi connectivity index (χ0n) is 14.2. The molecule has 25 heavy (non-hydrogen) atoms. The number of amides is 1. The van der Waals surface area contributed by atoms with Gasteiger partial charge in [0.1, 0.15) is 6.04 Å². The molecule has 0 saturated heterocycles. The molecule has 2 aromatic carbocycles. The minimum Gasteiger partial charge on any atom is -0.374 e. The van der Waals surface area contributed by atoms with E-state index in [2.05, 4.69) is 10.6 Å². The van der Waals surface area contributed by atoms with Gasteiger partial charge < -0.3 is 10.6 Å². The van der Waals surface area contributed by atoms with Crippen molar-refractivity contribution in [2.75, 3.05) is 10.6 Å². The third-order valence-electron chi connectivity index (χ3n) is 3.82. The van der Waals surface area contributed by atoms with Crippen molar-refractivity contribution in [3.63, 3.8) is 0 Å². The van der Waals surface area contributed by atoms with Crippen LogP contribution in [-0.2, 0) is 0 Å². The Bertz CT molecular complexity index is 729. The molecule has 0 aliphatic heterocycles. The number of benzene rings is 2. The average Bonchev–Trinajstić information content (AvgIpc) is 2.54. The quantitative estimate of drug-likeness (QED) is 0.733. The molecule has 2 aromatic rings. The van der Waals surface area contributed by atoms with E-state index in [0.717, 1.165) is 5.56 Å². The van der Waals surface area contributed by atoms with Crippen LogP contribution in [0, 0.1) is 6.92 Å². The topological polar surface area (TPSA) is 41.1 Å². The van der Waals surface area contributed by atoms with Crippen LogP contribution in [-0.4, -0.2) is 18.1 Å². The van der Waals surface area contributed by atoms with Gasteiger partial charge >= 0.3 is 6.18 Å². The molecule has 0 aliphatic carbocycles. The summed E-state index contributed by atoms with van der Waals surface area (Å²) in [6.45, 7) is 3.53. The molecule has 0 heterocycles. The summed E-state index contributed by atoms with van der Waals surface area (Å²) >= 11 is 0. The van der Waals surface area contributed by atoms with Crippen LogP contribution in [0.1, 0.15) is 35.7 Å². The second-order valence-electron chi connectivity index (χ2n) is 5.88. The van der Waals surface area contributed by atoms with Crippen molar-refractivity contribution in [2.24, 2.45) is 0 Å². The van der Waals surface area contributed by atoms with Gasteiger partial charge in [-0.2, -0.15) is 13.2 Å². The summed E-state index contributed by atoms with van der Waals surface area (Å²) in [6.07, 6.45) is -3.92. The third kappa shape index (κ3) is 5.24. The second kappa shape index (κ2) is 8.05. The molecule has 0 fully saturated rings. The van der Waals surface area contributed by atoms with Crippen LogP contribution in [0.4, 0.5) is 24.5 Å². The molecule has 0 radical (unpaired) electrons. The van der Waals surface area contributed by atoms with E-state index in [-0.39, 0.29) is 12.3 Å². The van der Waals surface area contributed by atoms with Gasteiger partial charge in [0.15, 0.2) is 0 Å². The first kappa shape index (κ1) is 18.8. The van der Waals surface area contributed by atoms with E-state index in [1.165, 1.54) is 6.07 Å². The SMILES string of the molecule is CCCC(Nc1cccc(NC(=O)c2ccccc2C)c1)C(F)(F)F. The first-order valence-electron chi connectivity index (χ1n) is 8.11. The van der Waals surface area contributed by atoms with E-state index in [1.807, 2.05) is 19.1 Å². The number of aryl methyl sites for hydroxylation is 1. The molecular weight excluding hydrogens is 329 g/mol. The molecule has 6 heteroatoms. The van der Waals surface area contributed by atoms with Gasteiger partial charge in [-0.1, -0.05) is 37.6 Å². The van der Waals surface area contributed by atoms with Crippen LogP contribution in [0.5, 0.6) is 0 Å². The molecule has 3 nitrogen and oxygen atoms in total. The maximum atomic E-state index is 13.0. The number of carbonyl (C=O) groups is 1. The van der Waals surface area contributed by atoms with Crippen molar-refractivity contribution < 1.29 is 18.0 Å². The van der Waals surface area contributed by atoms with Crippen molar-refractivity contribution in [2.45, 2.75) is 38.9 Å². The normalized spacial score (nSPS) is 12.5. The smallest absolute Gasteiger partial charge is 0.374 e. The summed E-state index contributed by atoms with van der Waals surface area (Å²) < 4.78 is 39.1. The summed E-state index contributed by atoms with van der Waals surface area (Å²) in [5.41, 5.74) is 2.11. The Morgan fingerprint density at radius 1 is 1.08 bits per heavy atom. The zero-order valence-corrected chi connectivity index (χ0v) is 14.2. The van der Waals surface area contributed by atoms with Crippen molar-refractivity contribution >= 4 is 17.3 Å². The van der Waals surface area contributed by atoms with Crippen molar-refractivity contribution in [3.8, 4) is 0 Å². The first-order chi connectivity index (χ1) is 11.8. The molecule has 1 unspecified atom stereocenters. The molecule has 1 atom stereocenters. The molecule has 0 spiro atoms. The average molecular weight is 350 g/mol. The van der Waals surface area contributed by atoms with Gasteiger partial charge in [0.2, 0.25) is 0 Å². The molecular formula is C19H21F3N2O. The molecule has 1 amide bonds. The van der Waals surface area contributed by atoms with Crippen LogP contribution in [0.25, 0.3) is 0 Å². The summed E-state index contributed by atoms with van der Waals surface area (Å²) in [4.78, 5) is 12.3. The van der Waals surface area contributed by atoms with E-state index < -0.39 is 12.2 Å². The third-order valence-corrected chi connectivity index (χ3v) is 3.82. The molecule has 0 bridgehead atoms. The molecule has 2 rings (SSSR count). The maximum Gasteiger partial charge on any atom is 0.408 e. The largest absolute Gasteiger partial charge is 0.408 e. The maximum absolute atomic E-state index is 13.0. The van der Waals surface area contributed by atoms with Crippen molar-refractivity contribution in [1.29, 1.82) is 0 Å². The highest BCUT2D eigenvalue weighted by Gasteiger charge is 2.38. The van der Waals surface area contributed by atoms with Gasteiger partial charge in [-0.25, -0.2) is 0 Å². The van der Waals surface area contributed by atoms with Crippen molar-refractivity contribution in [3.05, 3.63) is 59.7 Å². The molecule has 0 saturated carbocycles. The minimum atomic E-state index is -4.32. The fourth-order valence-corrected chi connectivity index (χ4v) is 2.52. The van der Waals surface area contributed by atoms with Gasteiger partial charge in [-0.05, 0) is 43.2 Å². The number of anilines is 2. The molecule has 2 N–H and O–H groups in total. The Morgan fingerprint density at radius 2 is 1.76 bits per heavy atom. The summed E-state index contributed by atoms with van der Waals surface area (Å²) in [7, 11) is 0. The Hall–Kier alpha value is -2.50. The highest BCUT2D eigenvalue weighted by molar-refractivity contribution is 6.05. The highest BCUT2D eigenvalue weighted by atomic mass is 19.4. The van der Waals surface area contributed by atoms with Crippen molar-refractivity contribution in [1.82, 2.24) is 0 Å². The molecule has 0 aliphatic rings. The lowest BCUT2D eigenvalue weighted by molar-refractivity contribution is -0.143. The predicted octanol–water partition coefficient (Wildman–Crippen LogP) is 5.39. The fourth-order valence-electron chi connectivity index (χ4n) is 2.52. The standard InChI is InChI=1S/C19H21F3N2O/c1-3-7-17(19(20,21)22)23-14-9-6-10-15(12-14)24-18(25)16-11-5-4-8-13(16)2/h4-6,8-12,17,23H,3,7H2,1-2H3,(H,24,25). The monoisotopic (exact) mass is 350 g/mol. The Morgan fingerprint density at radius 3 is 2.40 bits per heavy atom. The lowest BCUT2D eigenvalue weighted by atomic mass is 10.1. The van der Waals surface area contributed by atoms with Gasteiger partial charge in [0.25, 0.3) is 5.91 Å². The van der Waals surface area contributed by atoms with E-state index in [9.17, 15) is 18.0 Å². The zero-order chi connectivity index (χ0) is 18.4. The number of hydrogen-bond donors (Lipinski definition) is 2. The summed E-state index contributed by atoms with van der Waals surface area (Å²) in [5, 5.41) is 5.23. The number of hydrogen-bond acceptors (Lipinski definition) is 2. The lowest BCUT2D eigenvalue weighted by Gasteiger charge is -2.22. The first-order valence-corrected chi connectivity index (χ1v) is 8.11. The van der Waals surface area contributed by atoms with E-state index in [4.69, 9.17) is 0 Å². The van der Waals surface area contributed by atoms with Gasteiger partial charge in [-0.15, -0.1) is 0 Å². The number of nitrogens with one attached hydrogen (secondary N) is 2. The van der Waals surface area contributed by atoms with Gasteiger partial charge in [-0.3, -0.25) is 4.79 Å². The van der Waals surface area contributed by atoms with Crippen LogP contribution in [0.15, 0.2) is 48.5 Å². The predicted molar refractivity (Wildman–Crippen MR) is 93.9 cm³/mol. The van der Waals surface area contributed by atoms with Gasteiger partial charge in [0, 0.05) is 16.9 Å². The van der Waals surface area contributed by atoms with Crippen LogP contribution >= 0.6 is 0 Å². The minimum absolute atomic E-state index is 0.0106. The van der Waals surface area contributed by atoms with Crippen LogP contribution < -0.4 is 10.6 Å². The fraction of sp³-hybridized carbons (Fsp3) is 0.316. The number of alkyl halides is 3. The molecule has 134 valence electrons. The van der Waals surface area contributed by atoms with E-state index in [1.54, 1.807) is 37.3 Å². The molecule has 0 aromatic heterocycles.